The molecule has 5 nitrogen and oxygen atoms in total. The predicted molar refractivity (Wildman–Crippen MR) is 72.1 cm³/mol. The summed E-state index contributed by atoms with van der Waals surface area (Å²) >= 11 is 0. The number of anilines is 1. The fraction of sp³-hybridized carbons (Fsp3) is 0.429. The van der Waals surface area contributed by atoms with Gasteiger partial charge in [-0.15, -0.1) is 0 Å². The number of para-hydroxylation sites is 1. The van der Waals surface area contributed by atoms with Crippen LogP contribution in [0.1, 0.15) is 29.6 Å². The Hall–Kier alpha value is -1.88. The van der Waals surface area contributed by atoms with Crippen molar-refractivity contribution in [2.75, 3.05) is 11.9 Å². The van der Waals surface area contributed by atoms with E-state index in [1.807, 2.05) is 0 Å². The highest BCUT2D eigenvalue weighted by atomic mass is 16.4. The van der Waals surface area contributed by atoms with E-state index in [4.69, 9.17) is 10.8 Å². The summed E-state index contributed by atoms with van der Waals surface area (Å²) in [6.45, 7) is 0. The average Bonchev–Trinajstić information content (AvgIpc) is 2.83. The number of nitrogens with zero attached hydrogens (tertiary/aromatic N) is 1. The Kier molecular flexibility index (Phi) is 3.85. The number of benzene rings is 1. The molecule has 1 saturated carbocycles. The summed E-state index contributed by atoms with van der Waals surface area (Å²) in [5.41, 5.74) is 6.48. The summed E-state index contributed by atoms with van der Waals surface area (Å²) in [4.78, 5) is 25.0. The van der Waals surface area contributed by atoms with Crippen LogP contribution in [-0.4, -0.2) is 30.1 Å². The Balaban J connectivity index is 2.26. The van der Waals surface area contributed by atoms with Crippen LogP contribution in [0, 0.1) is 5.92 Å². The molecule has 2 rings (SSSR count). The Labute approximate surface area is 112 Å². The number of aromatic carboxylic acids is 1. The lowest BCUT2D eigenvalue weighted by Gasteiger charge is -2.24. The van der Waals surface area contributed by atoms with Gasteiger partial charge in [-0.25, -0.2) is 4.79 Å². The molecule has 1 aliphatic carbocycles. The van der Waals surface area contributed by atoms with Gasteiger partial charge in [0.2, 0.25) is 5.91 Å². The first-order valence-electron chi connectivity index (χ1n) is 6.38. The molecule has 1 fully saturated rings. The third-order valence-corrected chi connectivity index (χ3v) is 3.71. The number of nitrogens with two attached hydrogens (primary N) is 1. The molecule has 1 aromatic carbocycles. The number of carboxylic acid groups (broad SMARTS) is 1. The van der Waals surface area contributed by atoms with Crippen LogP contribution in [0.4, 0.5) is 5.69 Å². The van der Waals surface area contributed by atoms with Crippen LogP contribution in [0.15, 0.2) is 24.3 Å². The summed E-state index contributed by atoms with van der Waals surface area (Å²) < 4.78 is 0. The minimum absolute atomic E-state index is 0.0984. The van der Waals surface area contributed by atoms with Gasteiger partial charge in [-0.1, -0.05) is 18.6 Å². The topological polar surface area (TPSA) is 83.6 Å². The molecule has 3 N–H and O–H groups in total. The van der Waals surface area contributed by atoms with Crippen molar-refractivity contribution in [3.63, 3.8) is 0 Å². The van der Waals surface area contributed by atoms with Crippen LogP contribution >= 0.6 is 0 Å². The van der Waals surface area contributed by atoms with Crippen molar-refractivity contribution >= 4 is 17.6 Å². The second-order valence-electron chi connectivity index (χ2n) is 4.92. The molecular weight excluding hydrogens is 244 g/mol. The van der Waals surface area contributed by atoms with Gasteiger partial charge in [-0.05, 0) is 25.0 Å². The molecule has 0 radical (unpaired) electrons. The lowest BCUT2D eigenvalue weighted by molar-refractivity contribution is -0.122. The quantitative estimate of drug-likeness (QED) is 0.864. The summed E-state index contributed by atoms with van der Waals surface area (Å²) in [5.74, 6) is -1.34. The van der Waals surface area contributed by atoms with Crippen LogP contribution in [0.25, 0.3) is 0 Å². The van der Waals surface area contributed by atoms with Crippen molar-refractivity contribution in [2.24, 2.45) is 11.7 Å². The molecule has 0 bridgehead atoms. The predicted octanol–water partition coefficient (Wildman–Crippen LogP) is 1.47. The number of carbonyl (C=O) groups excluding carboxylic acids is 1. The van der Waals surface area contributed by atoms with Gasteiger partial charge in [0.1, 0.15) is 0 Å². The van der Waals surface area contributed by atoms with Crippen LogP contribution in [0.2, 0.25) is 0 Å². The van der Waals surface area contributed by atoms with E-state index < -0.39 is 5.97 Å². The van der Waals surface area contributed by atoms with E-state index in [0.29, 0.717) is 5.69 Å². The molecule has 5 heteroatoms. The number of carboxylic acids is 1. The largest absolute Gasteiger partial charge is 0.478 e. The highest BCUT2D eigenvalue weighted by molar-refractivity contribution is 6.02. The van der Waals surface area contributed by atoms with Crippen molar-refractivity contribution in [1.29, 1.82) is 0 Å². The van der Waals surface area contributed by atoms with Crippen LogP contribution in [-0.2, 0) is 4.79 Å². The Morgan fingerprint density at radius 1 is 1.32 bits per heavy atom. The van der Waals surface area contributed by atoms with Gasteiger partial charge in [0.25, 0.3) is 0 Å². The minimum Gasteiger partial charge on any atom is -0.478 e. The molecule has 0 aromatic heterocycles. The molecular formula is C14H18N2O3. The molecule has 0 heterocycles. The van der Waals surface area contributed by atoms with Crippen molar-refractivity contribution in [1.82, 2.24) is 0 Å². The van der Waals surface area contributed by atoms with Crippen molar-refractivity contribution in [2.45, 2.75) is 25.3 Å². The zero-order valence-electron chi connectivity index (χ0n) is 10.9. The van der Waals surface area contributed by atoms with Crippen LogP contribution in [0.3, 0.4) is 0 Å². The molecule has 102 valence electrons. The summed E-state index contributed by atoms with van der Waals surface area (Å²) in [6, 6.07) is 6.39. The third kappa shape index (κ3) is 2.61. The fourth-order valence-electron chi connectivity index (χ4n) is 2.61. The molecule has 2 unspecified atom stereocenters. The van der Waals surface area contributed by atoms with E-state index in [1.54, 1.807) is 25.2 Å². The normalized spacial score (nSPS) is 22.2. The van der Waals surface area contributed by atoms with E-state index in [1.165, 1.54) is 11.0 Å². The second kappa shape index (κ2) is 5.40. The maximum absolute atomic E-state index is 12.4. The van der Waals surface area contributed by atoms with E-state index in [9.17, 15) is 9.59 Å². The zero-order chi connectivity index (χ0) is 14.0. The third-order valence-electron chi connectivity index (χ3n) is 3.71. The lowest BCUT2D eigenvalue weighted by atomic mass is 10.0. The van der Waals surface area contributed by atoms with E-state index >= 15 is 0 Å². The number of carbonyl (C=O) groups is 2. The van der Waals surface area contributed by atoms with E-state index in [0.717, 1.165) is 19.3 Å². The van der Waals surface area contributed by atoms with Crippen molar-refractivity contribution in [3.05, 3.63) is 29.8 Å². The first kappa shape index (κ1) is 13.5. The van der Waals surface area contributed by atoms with Gasteiger partial charge in [-0.2, -0.15) is 0 Å². The smallest absolute Gasteiger partial charge is 0.337 e. The maximum Gasteiger partial charge on any atom is 0.337 e. The zero-order valence-corrected chi connectivity index (χ0v) is 10.9. The van der Waals surface area contributed by atoms with Gasteiger partial charge in [0.15, 0.2) is 0 Å². The van der Waals surface area contributed by atoms with Gasteiger partial charge in [-0.3, -0.25) is 4.79 Å². The number of hydrogen-bond donors (Lipinski definition) is 2. The molecule has 1 aliphatic rings. The van der Waals surface area contributed by atoms with Gasteiger partial charge < -0.3 is 15.7 Å². The molecule has 1 aromatic rings. The van der Waals surface area contributed by atoms with Crippen molar-refractivity contribution in [3.8, 4) is 0 Å². The fourth-order valence-corrected chi connectivity index (χ4v) is 2.61. The molecule has 19 heavy (non-hydrogen) atoms. The summed E-state index contributed by atoms with van der Waals surface area (Å²) in [6.07, 6.45) is 2.58. The number of hydrogen-bond acceptors (Lipinski definition) is 3. The SMILES string of the molecule is CN(C(=O)C1CCCC1N)c1ccccc1C(=O)O. The highest BCUT2D eigenvalue weighted by Gasteiger charge is 2.33. The van der Waals surface area contributed by atoms with E-state index in [2.05, 4.69) is 0 Å². The van der Waals surface area contributed by atoms with E-state index in [-0.39, 0.29) is 23.4 Å². The number of amides is 1. The Morgan fingerprint density at radius 3 is 2.58 bits per heavy atom. The number of rotatable bonds is 3. The first-order valence-corrected chi connectivity index (χ1v) is 6.38. The molecule has 2 atom stereocenters. The molecule has 0 aliphatic heterocycles. The van der Waals surface area contributed by atoms with Crippen molar-refractivity contribution < 1.29 is 14.7 Å². The van der Waals surface area contributed by atoms with Crippen LogP contribution in [0.5, 0.6) is 0 Å². The van der Waals surface area contributed by atoms with Gasteiger partial charge in [0.05, 0.1) is 17.2 Å². The van der Waals surface area contributed by atoms with Gasteiger partial charge >= 0.3 is 5.97 Å². The minimum atomic E-state index is -1.04. The molecule has 0 spiro atoms. The summed E-state index contributed by atoms with van der Waals surface area (Å²) in [7, 11) is 1.61. The highest BCUT2D eigenvalue weighted by Crippen LogP contribution is 2.28. The standard InChI is InChI=1S/C14H18N2O3/c1-16(13(17)9-6-4-7-11(9)15)12-8-3-2-5-10(12)14(18)19/h2-3,5,8-9,11H,4,6-7,15H2,1H3,(H,18,19). The van der Waals surface area contributed by atoms with Gasteiger partial charge in [0, 0.05) is 13.1 Å². The Morgan fingerprint density at radius 2 is 2.00 bits per heavy atom. The maximum atomic E-state index is 12.4. The summed E-state index contributed by atoms with van der Waals surface area (Å²) in [5, 5.41) is 9.15. The lowest BCUT2D eigenvalue weighted by Crippen LogP contribution is -2.40. The molecule has 1 amide bonds. The Bertz CT molecular complexity index is 501. The van der Waals surface area contributed by atoms with Crippen LogP contribution < -0.4 is 10.6 Å². The monoisotopic (exact) mass is 262 g/mol. The first-order chi connectivity index (χ1) is 9.02. The molecule has 0 saturated heterocycles. The average molecular weight is 262 g/mol. The second-order valence-corrected chi connectivity index (χ2v) is 4.92.